The van der Waals surface area contributed by atoms with Crippen molar-refractivity contribution in [3.05, 3.63) is 0 Å². The van der Waals surface area contributed by atoms with Gasteiger partial charge in [0.05, 0.1) is 6.61 Å². The Morgan fingerprint density at radius 1 is 1.06 bits per heavy atom. The molecule has 1 rings (SSSR count). The molecule has 2 heteroatoms. The number of hydrogen-bond acceptors (Lipinski definition) is 2. The lowest BCUT2D eigenvalue weighted by atomic mass is 9.77. The molecule has 18 heavy (non-hydrogen) atoms. The molecular weight excluding hydrogens is 222 g/mol. The third-order valence-corrected chi connectivity index (χ3v) is 4.56. The first-order valence-electron chi connectivity index (χ1n) is 8.08. The SMILES string of the molecule is CCCCCCCCNC1(CO)CCC(C)CC1. The number of nitrogens with one attached hydrogen (secondary N) is 1. The molecule has 0 aromatic heterocycles. The van der Waals surface area contributed by atoms with Crippen LogP contribution in [0.5, 0.6) is 0 Å². The van der Waals surface area contributed by atoms with Crippen LogP contribution in [0.25, 0.3) is 0 Å². The molecule has 0 atom stereocenters. The average Bonchev–Trinajstić information content (AvgIpc) is 2.40. The van der Waals surface area contributed by atoms with Gasteiger partial charge in [0.25, 0.3) is 0 Å². The van der Waals surface area contributed by atoms with Crippen LogP contribution in [0, 0.1) is 5.92 Å². The summed E-state index contributed by atoms with van der Waals surface area (Å²) in [4.78, 5) is 0. The molecule has 1 aliphatic carbocycles. The van der Waals surface area contributed by atoms with Gasteiger partial charge in [0.2, 0.25) is 0 Å². The molecule has 0 unspecified atom stereocenters. The fraction of sp³-hybridized carbons (Fsp3) is 1.00. The lowest BCUT2D eigenvalue weighted by Gasteiger charge is -2.39. The first-order valence-corrected chi connectivity index (χ1v) is 8.08. The molecule has 0 aliphatic heterocycles. The maximum absolute atomic E-state index is 9.64. The molecule has 0 amide bonds. The van der Waals surface area contributed by atoms with E-state index in [2.05, 4.69) is 19.2 Å². The molecule has 108 valence electrons. The number of rotatable bonds is 9. The van der Waals surface area contributed by atoms with Crippen molar-refractivity contribution in [3.63, 3.8) is 0 Å². The molecule has 2 nitrogen and oxygen atoms in total. The van der Waals surface area contributed by atoms with Gasteiger partial charge in [-0.1, -0.05) is 46.0 Å². The van der Waals surface area contributed by atoms with E-state index in [-0.39, 0.29) is 5.54 Å². The number of aliphatic hydroxyl groups is 1. The summed E-state index contributed by atoms with van der Waals surface area (Å²) in [6, 6.07) is 0. The fourth-order valence-corrected chi connectivity index (χ4v) is 2.96. The van der Waals surface area contributed by atoms with Crippen LogP contribution in [0.15, 0.2) is 0 Å². The highest BCUT2D eigenvalue weighted by atomic mass is 16.3. The van der Waals surface area contributed by atoms with Gasteiger partial charge in [0, 0.05) is 5.54 Å². The van der Waals surface area contributed by atoms with Crippen molar-refractivity contribution in [2.24, 2.45) is 5.92 Å². The van der Waals surface area contributed by atoms with E-state index in [0.29, 0.717) is 6.61 Å². The first kappa shape index (κ1) is 16.0. The van der Waals surface area contributed by atoms with Crippen LogP contribution in [0.2, 0.25) is 0 Å². The zero-order valence-electron chi connectivity index (χ0n) is 12.5. The van der Waals surface area contributed by atoms with Crippen molar-refractivity contribution in [1.29, 1.82) is 0 Å². The van der Waals surface area contributed by atoms with Crippen molar-refractivity contribution in [3.8, 4) is 0 Å². The summed E-state index contributed by atoms with van der Waals surface area (Å²) in [5.74, 6) is 0.848. The maximum atomic E-state index is 9.64. The minimum absolute atomic E-state index is 0.0515. The highest BCUT2D eigenvalue weighted by molar-refractivity contribution is 4.91. The van der Waals surface area contributed by atoms with Crippen LogP contribution in [0.3, 0.4) is 0 Å². The van der Waals surface area contributed by atoms with E-state index in [9.17, 15) is 5.11 Å². The summed E-state index contributed by atoms with van der Waals surface area (Å²) >= 11 is 0. The lowest BCUT2D eigenvalue weighted by Crippen LogP contribution is -2.51. The van der Waals surface area contributed by atoms with Gasteiger partial charge in [-0.2, -0.15) is 0 Å². The van der Waals surface area contributed by atoms with E-state index >= 15 is 0 Å². The summed E-state index contributed by atoms with van der Waals surface area (Å²) in [6.45, 7) is 5.99. The van der Waals surface area contributed by atoms with E-state index in [1.54, 1.807) is 0 Å². The minimum Gasteiger partial charge on any atom is -0.394 e. The summed E-state index contributed by atoms with van der Waals surface area (Å²) in [6.07, 6.45) is 12.9. The molecule has 0 bridgehead atoms. The van der Waals surface area contributed by atoms with Crippen LogP contribution < -0.4 is 5.32 Å². The third-order valence-electron chi connectivity index (χ3n) is 4.56. The molecule has 0 aromatic carbocycles. The predicted octanol–water partition coefficient (Wildman–Crippen LogP) is 3.88. The molecule has 0 spiro atoms. The second kappa shape index (κ2) is 8.92. The van der Waals surface area contributed by atoms with Gasteiger partial charge < -0.3 is 10.4 Å². The van der Waals surface area contributed by atoms with E-state index in [0.717, 1.165) is 25.3 Å². The molecule has 2 N–H and O–H groups in total. The number of aliphatic hydroxyl groups excluding tert-OH is 1. The molecule has 1 fully saturated rings. The Balaban J connectivity index is 2.08. The Morgan fingerprint density at radius 3 is 2.28 bits per heavy atom. The average molecular weight is 255 g/mol. The normalized spacial score (nSPS) is 28.5. The predicted molar refractivity (Wildman–Crippen MR) is 78.8 cm³/mol. The van der Waals surface area contributed by atoms with Gasteiger partial charge in [-0.05, 0) is 44.6 Å². The topological polar surface area (TPSA) is 32.3 Å². The van der Waals surface area contributed by atoms with Gasteiger partial charge in [-0.25, -0.2) is 0 Å². The highest BCUT2D eigenvalue weighted by Crippen LogP contribution is 2.31. The van der Waals surface area contributed by atoms with E-state index in [1.165, 1.54) is 51.4 Å². The standard InChI is InChI=1S/C16H33NO/c1-3-4-5-6-7-8-13-17-16(14-18)11-9-15(2)10-12-16/h15,17-18H,3-14H2,1-2H3. The molecule has 1 aliphatic rings. The van der Waals surface area contributed by atoms with Crippen molar-refractivity contribution >= 4 is 0 Å². The van der Waals surface area contributed by atoms with E-state index in [4.69, 9.17) is 0 Å². The molecule has 0 saturated heterocycles. The van der Waals surface area contributed by atoms with Crippen LogP contribution in [-0.4, -0.2) is 23.8 Å². The van der Waals surface area contributed by atoms with Crippen molar-refractivity contribution in [1.82, 2.24) is 5.32 Å². The van der Waals surface area contributed by atoms with E-state index in [1.807, 2.05) is 0 Å². The quantitative estimate of drug-likeness (QED) is 0.613. The Labute approximate surface area is 114 Å². The van der Waals surface area contributed by atoms with Crippen LogP contribution in [0.4, 0.5) is 0 Å². The zero-order valence-corrected chi connectivity index (χ0v) is 12.5. The molecule has 0 heterocycles. The summed E-state index contributed by atoms with van der Waals surface area (Å²) in [5.41, 5.74) is 0.0515. The van der Waals surface area contributed by atoms with Gasteiger partial charge in [-0.15, -0.1) is 0 Å². The van der Waals surface area contributed by atoms with E-state index < -0.39 is 0 Å². The Kier molecular flexibility index (Phi) is 7.92. The Hall–Kier alpha value is -0.0800. The molecule has 0 radical (unpaired) electrons. The van der Waals surface area contributed by atoms with Crippen LogP contribution >= 0.6 is 0 Å². The highest BCUT2D eigenvalue weighted by Gasteiger charge is 2.32. The monoisotopic (exact) mass is 255 g/mol. The molecule has 0 aromatic rings. The third kappa shape index (κ3) is 5.71. The summed E-state index contributed by atoms with van der Waals surface area (Å²) < 4.78 is 0. The molecule has 1 saturated carbocycles. The fourth-order valence-electron chi connectivity index (χ4n) is 2.96. The minimum atomic E-state index is 0.0515. The van der Waals surface area contributed by atoms with Crippen LogP contribution in [-0.2, 0) is 0 Å². The number of unbranched alkanes of at least 4 members (excludes halogenated alkanes) is 5. The second-order valence-electron chi connectivity index (χ2n) is 6.32. The second-order valence-corrected chi connectivity index (χ2v) is 6.32. The number of hydrogen-bond donors (Lipinski definition) is 2. The van der Waals surface area contributed by atoms with Gasteiger partial charge >= 0.3 is 0 Å². The largest absolute Gasteiger partial charge is 0.394 e. The Bertz CT molecular complexity index is 197. The maximum Gasteiger partial charge on any atom is 0.0613 e. The van der Waals surface area contributed by atoms with Crippen molar-refractivity contribution in [2.75, 3.05) is 13.2 Å². The van der Waals surface area contributed by atoms with Crippen molar-refractivity contribution in [2.45, 2.75) is 83.6 Å². The first-order chi connectivity index (χ1) is 8.72. The zero-order chi connectivity index (χ0) is 13.3. The Morgan fingerprint density at radius 2 is 1.67 bits per heavy atom. The lowest BCUT2D eigenvalue weighted by molar-refractivity contribution is 0.105. The van der Waals surface area contributed by atoms with Gasteiger partial charge in [-0.3, -0.25) is 0 Å². The smallest absolute Gasteiger partial charge is 0.0613 e. The summed E-state index contributed by atoms with van der Waals surface area (Å²) in [5, 5.41) is 13.3. The van der Waals surface area contributed by atoms with Crippen molar-refractivity contribution < 1.29 is 5.11 Å². The van der Waals surface area contributed by atoms with Gasteiger partial charge in [0.1, 0.15) is 0 Å². The molecular formula is C16H33NO. The van der Waals surface area contributed by atoms with Gasteiger partial charge in [0.15, 0.2) is 0 Å². The van der Waals surface area contributed by atoms with Crippen LogP contribution in [0.1, 0.15) is 78.1 Å². The summed E-state index contributed by atoms with van der Waals surface area (Å²) in [7, 11) is 0.